The van der Waals surface area contributed by atoms with Crippen molar-refractivity contribution in [2.75, 3.05) is 13.1 Å². The van der Waals surface area contributed by atoms with Crippen LogP contribution in [0, 0.1) is 5.92 Å². The number of carbonyl (C=O) groups excluding carboxylic acids is 1. The van der Waals surface area contributed by atoms with E-state index in [0.29, 0.717) is 21.5 Å². The average Bonchev–Trinajstić information content (AvgIpc) is 3.34. The van der Waals surface area contributed by atoms with Crippen molar-refractivity contribution in [1.82, 2.24) is 14.7 Å². The van der Waals surface area contributed by atoms with Crippen LogP contribution in [0.4, 0.5) is 17.6 Å². The second kappa shape index (κ2) is 7.93. The zero-order valence-electron chi connectivity index (χ0n) is 16.3. The lowest BCUT2D eigenvalue weighted by Gasteiger charge is -2.34. The van der Waals surface area contributed by atoms with Crippen LogP contribution in [0.5, 0.6) is 0 Å². The Morgan fingerprint density at radius 2 is 1.97 bits per heavy atom. The van der Waals surface area contributed by atoms with Crippen LogP contribution in [0.2, 0.25) is 0 Å². The molecule has 2 aromatic heterocycles. The molecule has 1 aliphatic rings. The number of allylic oxidation sites excluding steroid dienone is 1. The summed E-state index contributed by atoms with van der Waals surface area (Å²) in [6.45, 7) is 5.08. The molecule has 0 unspecified atom stereocenters. The van der Waals surface area contributed by atoms with Crippen molar-refractivity contribution < 1.29 is 22.4 Å². The first-order valence-electron chi connectivity index (χ1n) is 9.42. The van der Waals surface area contributed by atoms with Crippen molar-refractivity contribution in [3.63, 3.8) is 0 Å². The van der Waals surface area contributed by atoms with Gasteiger partial charge in [-0.2, -0.15) is 13.9 Å². The second-order valence-corrected chi connectivity index (χ2v) is 8.29. The number of hydrogen-bond acceptors (Lipinski definition) is 3. The molecule has 2 aromatic rings. The summed E-state index contributed by atoms with van der Waals surface area (Å²) in [4.78, 5) is 15.3. The Balaban J connectivity index is 1.72. The van der Waals surface area contributed by atoms with E-state index >= 15 is 0 Å². The number of amides is 1. The molecule has 0 spiro atoms. The van der Waals surface area contributed by atoms with Crippen molar-refractivity contribution in [2.24, 2.45) is 13.0 Å². The highest BCUT2D eigenvalue weighted by atomic mass is 32.1. The monoisotopic (exact) mass is 429 g/mol. The molecule has 1 amide bonds. The molecule has 29 heavy (non-hydrogen) atoms. The van der Waals surface area contributed by atoms with E-state index in [9.17, 15) is 22.4 Å². The lowest BCUT2D eigenvalue weighted by atomic mass is 9.90. The minimum absolute atomic E-state index is 0.179. The van der Waals surface area contributed by atoms with Gasteiger partial charge >= 0.3 is 0 Å². The highest BCUT2D eigenvalue weighted by molar-refractivity contribution is 7.17. The molecule has 3 heterocycles. The number of piperidine rings is 1. The van der Waals surface area contributed by atoms with E-state index in [-0.39, 0.29) is 44.0 Å². The third-order valence-corrected chi connectivity index (χ3v) is 6.46. The summed E-state index contributed by atoms with van der Waals surface area (Å²) in [5.41, 5.74) is 0.200. The topological polar surface area (TPSA) is 38.1 Å². The quantitative estimate of drug-likeness (QED) is 0.460. The second-order valence-electron chi connectivity index (χ2n) is 7.21. The minimum atomic E-state index is -2.98. The van der Waals surface area contributed by atoms with Gasteiger partial charge in [0, 0.05) is 32.5 Å². The van der Waals surface area contributed by atoms with Crippen molar-refractivity contribution in [1.29, 1.82) is 0 Å². The fourth-order valence-corrected chi connectivity index (χ4v) is 4.42. The predicted molar refractivity (Wildman–Crippen MR) is 104 cm³/mol. The van der Waals surface area contributed by atoms with E-state index in [0.717, 1.165) is 16.0 Å². The number of thiophene rings is 1. The van der Waals surface area contributed by atoms with Crippen LogP contribution >= 0.6 is 11.3 Å². The number of halogens is 4. The van der Waals surface area contributed by atoms with Gasteiger partial charge in [0.05, 0.1) is 9.75 Å². The predicted octanol–water partition coefficient (Wildman–Crippen LogP) is 5.32. The fraction of sp³-hybridized carbons (Fsp3) is 0.500. The molecule has 4 nitrogen and oxygen atoms in total. The normalized spacial score (nSPS) is 16.3. The lowest BCUT2D eigenvalue weighted by Crippen LogP contribution is -2.42. The number of alkyl halides is 4. The summed E-state index contributed by atoms with van der Waals surface area (Å²) in [6.07, 6.45) is 0.752. The maximum Gasteiger partial charge on any atom is 0.289 e. The van der Waals surface area contributed by atoms with Gasteiger partial charge in [-0.15, -0.1) is 11.3 Å². The van der Waals surface area contributed by atoms with Gasteiger partial charge in [0.2, 0.25) is 0 Å². The number of likely N-dealkylation sites (tertiary alicyclic amines) is 1. The largest absolute Gasteiger partial charge is 0.338 e. The Morgan fingerprint density at radius 1 is 1.31 bits per heavy atom. The number of carbonyl (C=O) groups is 1. The van der Waals surface area contributed by atoms with E-state index < -0.39 is 17.8 Å². The smallest absolute Gasteiger partial charge is 0.289 e. The molecule has 1 fully saturated rings. The van der Waals surface area contributed by atoms with Crippen LogP contribution < -0.4 is 0 Å². The zero-order valence-corrected chi connectivity index (χ0v) is 17.1. The molecule has 0 bridgehead atoms. The Morgan fingerprint density at radius 3 is 2.55 bits per heavy atom. The number of aryl methyl sites for hydroxylation is 1. The molecular formula is C20H23F4N3OS. The number of aromatic nitrogens is 2. The molecule has 0 atom stereocenters. The molecule has 0 N–H and O–H groups in total. The standard InChI is InChI=1S/C20H23F4N3OS/c1-4-19(21,22)13-8-10-27(11-9-13)18(28)16-7-6-15(29-16)14-12-17(26(3)25-14)20(23,24)5-2/h4,6-7,12-13H,1,5,8-11H2,2-3H3. The Hall–Kier alpha value is -2.16. The first kappa shape index (κ1) is 21.5. The van der Waals surface area contributed by atoms with Crippen molar-refractivity contribution in [2.45, 2.75) is 38.0 Å². The lowest BCUT2D eigenvalue weighted by molar-refractivity contribution is -0.0329. The molecule has 0 aromatic carbocycles. The van der Waals surface area contributed by atoms with Gasteiger partial charge in [0.15, 0.2) is 0 Å². The molecule has 0 radical (unpaired) electrons. The maximum atomic E-state index is 14.0. The summed E-state index contributed by atoms with van der Waals surface area (Å²) in [6, 6.07) is 4.64. The number of nitrogens with zero attached hydrogens (tertiary/aromatic N) is 3. The first-order valence-corrected chi connectivity index (χ1v) is 10.2. The molecule has 0 aliphatic carbocycles. The van der Waals surface area contributed by atoms with Crippen molar-refractivity contribution in [3.05, 3.63) is 41.4 Å². The van der Waals surface area contributed by atoms with Crippen molar-refractivity contribution >= 4 is 17.2 Å². The van der Waals surface area contributed by atoms with E-state index in [1.54, 1.807) is 17.0 Å². The maximum absolute atomic E-state index is 14.0. The highest BCUT2D eigenvalue weighted by Crippen LogP contribution is 2.37. The van der Waals surface area contributed by atoms with Gasteiger partial charge in [-0.1, -0.05) is 13.5 Å². The van der Waals surface area contributed by atoms with Crippen LogP contribution in [-0.4, -0.2) is 39.6 Å². The molecular weight excluding hydrogens is 406 g/mol. The average molecular weight is 429 g/mol. The van der Waals surface area contributed by atoms with Gasteiger partial charge < -0.3 is 4.90 Å². The Bertz CT molecular complexity index is 897. The molecule has 0 saturated carbocycles. The highest BCUT2D eigenvalue weighted by Gasteiger charge is 2.39. The molecule has 1 saturated heterocycles. The number of rotatable bonds is 6. The van der Waals surface area contributed by atoms with Crippen LogP contribution in [0.1, 0.15) is 41.6 Å². The molecule has 9 heteroatoms. The van der Waals surface area contributed by atoms with Gasteiger partial charge in [0.25, 0.3) is 17.8 Å². The summed E-state index contributed by atoms with van der Waals surface area (Å²) >= 11 is 1.16. The van der Waals surface area contributed by atoms with E-state index in [4.69, 9.17) is 0 Å². The molecule has 158 valence electrons. The number of hydrogen-bond donors (Lipinski definition) is 0. The zero-order chi connectivity index (χ0) is 21.4. The van der Waals surface area contributed by atoms with E-state index in [2.05, 4.69) is 11.7 Å². The summed E-state index contributed by atoms with van der Waals surface area (Å²) in [5.74, 6) is -6.96. The summed E-state index contributed by atoms with van der Waals surface area (Å²) in [7, 11) is 1.46. The fourth-order valence-electron chi connectivity index (χ4n) is 3.49. The van der Waals surface area contributed by atoms with Crippen LogP contribution in [-0.2, 0) is 13.0 Å². The van der Waals surface area contributed by atoms with Crippen molar-refractivity contribution in [3.8, 4) is 10.6 Å². The van der Waals surface area contributed by atoms with Gasteiger partial charge in [-0.25, -0.2) is 8.78 Å². The molecule has 3 rings (SSSR count). The summed E-state index contributed by atoms with van der Waals surface area (Å²) < 4.78 is 56.7. The van der Waals surface area contributed by atoms with Crippen LogP contribution in [0.15, 0.2) is 30.9 Å². The third-order valence-electron chi connectivity index (χ3n) is 5.37. The first-order chi connectivity index (χ1) is 13.6. The van der Waals surface area contributed by atoms with Gasteiger partial charge in [-0.05, 0) is 37.1 Å². The van der Waals surface area contributed by atoms with Crippen LogP contribution in [0.25, 0.3) is 10.6 Å². The Kier molecular flexibility index (Phi) is 5.89. The van der Waals surface area contributed by atoms with Gasteiger partial charge in [-0.3, -0.25) is 9.48 Å². The summed E-state index contributed by atoms with van der Waals surface area (Å²) in [5, 5.41) is 4.16. The van der Waals surface area contributed by atoms with Crippen LogP contribution in [0.3, 0.4) is 0 Å². The minimum Gasteiger partial charge on any atom is -0.338 e. The van der Waals surface area contributed by atoms with E-state index in [1.807, 2.05) is 0 Å². The van der Waals surface area contributed by atoms with E-state index in [1.165, 1.54) is 20.0 Å². The SMILES string of the molecule is C=CC(F)(F)C1CCN(C(=O)c2ccc(-c3cc(C(F)(F)CC)n(C)n3)s2)CC1. The Labute approximate surface area is 170 Å². The molecule has 1 aliphatic heterocycles. The van der Waals surface area contributed by atoms with Gasteiger partial charge in [0.1, 0.15) is 11.4 Å². The third kappa shape index (κ3) is 4.24.